The van der Waals surface area contributed by atoms with Crippen LogP contribution in [0, 0.1) is 0 Å². The molecule has 3 N–H and O–H groups in total. The third kappa shape index (κ3) is 3.54. The monoisotopic (exact) mass is 439 g/mol. The maximum absolute atomic E-state index is 12.1. The quantitative estimate of drug-likeness (QED) is 0.350. The summed E-state index contributed by atoms with van der Waals surface area (Å²) in [7, 11) is 0. The molecule has 6 nitrogen and oxygen atoms in total. The van der Waals surface area contributed by atoms with Gasteiger partial charge in [-0.3, -0.25) is 5.32 Å². The zero-order valence-corrected chi connectivity index (χ0v) is 15.6. The molecule has 3 aromatic rings. The maximum atomic E-state index is 12.1. The highest BCUT2D eigenvalue weighted by Gasteiger charge is 2.22. The second-order valence-electron chi connectivity index (χ2n) is 4.75. The molecule has 0 saturated heterocycles. The Labute approximate surface area is 164 Å². The number of aromatic amines is 2. The molecule has 2 aromatic carbocycles. The van der Waals surface area contributed by atoms with E-state index >= 15 is 0 Å². The number of hydrogen-bond donors (Lipinski definition) is 3. The van der Waals surface area contributed by atoms with E-state index in [1.165, 1.54) is 0 Å². The molecule has 0 saturated carbocycles. The van der Waals surface area contributed by atoms with Gasteiger partial charge in [-0.1, -0.05) is 58.0 Å². The number of benzene rings is 2. The second-order valence-corrected chi connectivity index (χ2v) is 6.64. The Hall–Kier alpha value is -1.57. The highest BCUT2D eigenvalue weighted by Crippen LogP contribution is 2.48. The lowest BCUT2D eigenvalue weighted by Gasteiger charge is -2.13. The molecule has 25 heavy (non-hydrogen) atoms. The van der Waals surface area contributed by atoms with Gasteiger partial charge in [-0.05, 0) is 18.2 Å². The predicted octanol–water partition coefficient (Wildman–Crippen LogP) is 5.73. The molecule has 0 spiro atoms. The average Bonchev–Trinajstić information content (AvgIpc) is 2.94. The Bertz CT molecular complexity index is 1030. The van der Waals surface area contributed by atoms with Crippen molar-refractivity contribution in [3.8, 4) is 5.75 Å². The first kappa shape index (κ1) is 18.2. The standard InChI is InChI=1S/C14H6Cl5N3O3/c15-7-8(16)10(18)12(11(19)9(7)17)25-14(24)20-4-1-2-5-6(3-4)22-13(23)21-5/h1-3H,(H,20,24)(H2,21,22,23). The van der Waals surface area contributed by atoms with Gasteiger partial charge in [0.1, 0.15) is 10.0 Å². The second kappa shape index (κ2) is 6.97. The molecule has 1 aromatic heterocycles. The molecule has 1 heterocycles. The first-order valence-electron chi connectivity index (χ1n) is 6.50. The summed E-state index contributed by atoms with van der Waals surface area (Å²) in [6.07, 6.45) is -0.893. The molecule has 0 radical (unpaired) electrons. The molecule has 3 rings (SSSR count). The fraction of sp³-hybridized carbons (Fsp3) is 0. The van der Waals surface area contributed by atoms with Crippen LogP contribution >= 0.6 is 58.0 Å². The van der Waals surface area contributed by atoms with E-state index < -0.39 is 6.09 Å². The van der Waals surface area contributed by atoms with E-state index in [2.05, 4.69) is 15.3 Å². The number of H-pyrrole nitrogens is 2. The van der Waals surface area contributed by atoms with E-state index in [0.29, 0.717) is 16.7 Å². The molecule has 130 valence electrons. The van der Waals surface area contributed by atoms with Gasteiger partial charge in [0.2, 0.25) is 0 Å². The van der Waals surface area contributed by atoms with Gasteiger partial charge in [0, 0.05) is 5.69 Å². The molecular formula is C14H6Cl5N3O3. The number of amides is 1. The van der Waals surface area contributed by atoms with Crippen LogP contribution in [-0.2, 0) is 0 Å². The Kier molecular flexibility index (Phi) is 5.09. The SMILES string of the molecule is O=C(Nc1ccc2[nH]c(=O)[nH]c2c1)Oc1c(Cl)c(Cl)c(Cl)c(Cl)c1Cl. The summed E-state index contributed by atoms with van der Waals surface area (Å²) in [4.78, 5) is 28.5. The van der Waals surface area contributed by atoms with Crippen molar-refractivity contribution >= 4 is 80.8 Å². The van der Waals surface area contributed by atoms with Crippen molar-refractivity contribution in [2.75, 3.05) is 5.32 Å². The molecule has 0 atom stereocenters. The number of hydrogen-bond acceptors (Lipinski definition) is 3. The van der Waals surface area contributed by atoms with Crippen molar-refractivity contribution in [3.63, 3.8) is 0 Å². The lowest BCUT2D eigenvalue weighted by molar-refractivity contribution is 0.215. The van der Waals surface area contributed by atoms with Gasteiger partial charge in [0.25, 0.3) is 0 Å². The molecule has 1 amide bonds. The lowest BCUT2D eigenvalue weighted by Crippen LogP contribution is -2.17. The number of carbonyl (C=O) groups excluding carboxylic acids is 1. The summed E-state index contributed by atoms with van der Waals surface area (Å²) in [6, 6.07) is 4.72. The van der Waals surface area contributed by atoms with Gasteiger partial charge in [0.15, 0.2) is 5.75 Å². The zero-order chi connectivity index (χ0) is 18.3. The third-order valence-electron chi connectivity index (χ3n) is 3.13. The summed E-state index contributed by atoms with van der Waals surface area (Å²) in [5.41, 5.74) is 1.10. The van der Waals surface area contributed by atoms with E-state index in [1.54, 1.807) is 18.2 Å². The van der Waals surface area contributed by atoms with Crippen LogP contribution in [0.3, 0.4) is 0 Å². The minimum Gasteiger partial charge on any atom is -0.407 e. The topological polar surface area (TPSA) is 87.0 Å². The lowest BCUT2D eigenvalue weighted by atomic mass is 10.3. The number of carbonyl (C=O) groups is 1. The first-order valence-corrected chi connectivity index (χ1v) is 8.39. The highest BCUT2D eigenvalue weighted by molar-refractivity contribution is 6.55. The molecule has 0 unspecified atom stereocenters. The molecular weight excluding hydrogens is 435 g/mol. The molecule has 0 aliphatic heterocycles. The van der Waals surface area contributed by atoms with Crippen molar-refractivity contribution in [2.45, 2.75) is 0 Å². The zero-order valence-electron chi connectivity index (χ0n) is 11.8. The summed E-state index contributed by atoms with van der Waals surface area (Å²) in [6.45, 7) is 0. The van der Waals surface area contributed by atoms with Crippen molar-refractivity contribution in [2.24, 2.45) is 0 Å². The van der Waals surface area contributed by atoms with Gasteiger partial charge in [-0.2, -0.15) is 0 Å². The first-order chi connectivity index (χ1) is 11.8. The molecule has 0 aliphatic carbocycles. The minimum atomic E-state index is -0.893. The predicted molar refractivity (Wildman–Crippen MR) is 100 cm³/mol. The number of aromatic nitrogens is 2. The van der Waals surface area contributed by atoms with Gasteiger partial charge in [0.05, 0.1) is 26.1 Å². The summed E-state index contributed by atoms with van der Waals surface area (Å²) in [5, 5.41) is 1.93. The fourth-order valence-corrected chi connectivity index (χ4v) is 3.22. The number of fused-ring (bicyclic) bond motifs is 1. The smallest absolute Gasteiger partial charge is 0.407 e. The Morgan fingerprint density at radius 3 is 2.08 bits per heavy atom. The van der Waals surface area contributed by atoms with E-state index in [4.69, 9.17) is 62.7 Å². The van der Waals surface area contributed by atoms with Gasteiger partial charge in [-0.25, -0.2) is 9.59 Å². The number of nitrogens with one attached hydrogen (secondary N) is 3. The number of rotatable bonds is 2. The van der Waals surface area contributed by atoms with Crippen LogP contribution in [0.5, 0.6) is 5.75 Å². The van der Waals surface area contributed by atoms with Crippen molar-refractivity contribution in [3.05, 3.63) is 53.8 Å². The molecule has 0 aliphatic rings. The van der Waals surface area contributed by atoms with Crippen LogP contribution in [0.4, 0.5) is 10.5 Å². The number of imidazole rings is 1. The summed E-state index contributed by atoms with van der Waals surface area (Å²) < 4.78 is 5.09. The highest BCUT2D eigenvalue weighted by atomic mass is 35.5. The largest absolute Gasteiger partial charge is 0.417 e. The number of anilines is 1. The van der Waals surface area contributed by atoms with Crippen LogP contribution in [0.1, 0.15) is 0 Å². The Morgan fingerprint density at radius 2 is 1.44 bits per heavy atom. The van der Waals surface area contributed by atoms with E-state index in [9.17, 15) is 9.59 Å². The number of halogens is 5. The van der Waals surface area contributed by atoms with Gasteiger partial charge in [-0.15, -0.1) is 0 Å². The Morgan fingerprint density at radius 1 is 0.880 bits per heavy atom. The maximum Gasteiger partial charge on any atom is 0.417 e. The Balaban J connectivity index is 1.86. The van der Waals surface area contributed by atoms with Crippen molar-refractivity contribution in [1.82, 2.24) is 9.97 Å². The van der Waals surface area contributed by atoms with Crippen LogP contribution in [0.2, 0.25) is 25.1 Å². The van der Waals surface area contributed by atoms with Crippen molar-refractivity contribution in [1.29, 1.82) is 0 Å². The number of ether oxygens (including phenoxy) is 1. The van der Waals surface area contributed by atoms with Crippen LogP contribution in [0.15, 0.2) is 23.0 Å². The molecule has 0 bridgehead atoms. The fourth-order valence-electron chi connectivity index (χ4n) is 2.02. The van der Waals surface area contributed by atoms with E-state index in [1.807, 2.05) is 0 Å². The van der Waals surface area contributed by atoms with Gasteiger partial charge >= 0.3 is 11.8 Å². The van der Waals surface area contributed by atoms with E-state index in [-0.39, 0.29) is 36.6 Å². The van der Waals surface area contributed by atoms with Crippen molar-refractivity contribution < 1.29 is 9.53 Å². The van der Waals surface area contributed by atoms with Crippen LogP contribution in [0.25, 0.3) is 11.0 Å². The minimum absolute atomic E-state index is 0.0482. The van der Waals surface area contributed by atoms with E-state index in [0.717, 1.165) is 0 Å². The average molecular weight is 441 g/mol. The van der Waals surface area contributed by atoms with Crippen LogP contribution in [-0.4, -0.2) is 16.1 Å². The van der Waals surface area contributed by atoms with Gasteiger partial charge < -0.3 is 14.7 Å². The normalized spacial score (nSPS) is 10.9. The molecule has 0 fully saturated rings. The summed E-state index contributed by atoms with van der Waals surface area (Å²) in [5.74, 6) is -0.226. The van der Waals surface area contributed by atoms with Crippen LogP contribution < -0.4 is 15.7 Å². The molecule has 11 heteroatoms. The third-order valence-corrected chi connectivity index (χ3v) is 5.37. The summed E-state index contributed by atoms with van der Waals surface area (Å²) >= 11 is 29.7.